The number of carbonyl (C=O) groups excluding carboxylic acids is 2. The highest BCUT2D eigenvalue weighted by molar-refractivity contribution is 7.10. The average Bonchev–Trinajstić information content (AvgIpc) is 3.26. The Morgan fingerprint density at radius 2 is 1.83 bits per heavy atom. The number of ether oxygens (including phenoxy) is 1. The molecule has 1 amide bonds. The Kier molecular flexibility index (Phi) is 6.26. The van der Waals surface area contributed by atoms with Gasteiger partial charge in [-0.3, -0.25) is 14.9 Å². The minimum Gasteiger partial charge on any atom is -0.465 e. The summed E-state index contributed by atoms with van der Waals surface area (Å²) in [5.74, 6) is -1.33. The molecule has 0 aliphatic rings. The maximum atomic E-state index is 12.9. The van der Waals surface area contributed by atoms with E-state index in [1.54, 1.807) is 24.3 Å². The zero-order valence-corrected chi connectivity index (χ0v) is 16.7. The second-order valence-electron chi connectivity index (χ2n) is 5.99. The Balaban J connectivity index is 1.97. The molecule has 0 spiro atoms. The number of benzene rings is 2. The number of esters is 1. The summed E-state index contributed by atoms with van der Waals surface area (Å²) >= 11 is 7.42. The molecule has 1 N–H and O–H groups in total. The molecule has 1 aromatic heterocycles. The first kappa shape index (κ1) is 20.5. The summed E-state index contributed by atoms with van der Waals surface area (Å²) in [6.07, 6.45) is 0. The van der Waals surface area contributed by atoms with Crippen LogP contribution >= 0.6 is 22.9 Å². The van der Waals surface area contributed by atoms with Crippen LogP contribution in [0, 0.1) is 10.1 Å². The largest absolute Gasteiger partial charge is 0.465 e. The fraction of sp³-hybridized carbons (Fsp3) is 0.100. The van der Waals surface area contributed by atoms with Gasteiger partial charge in [0.05, 0.1) is 23.6 Å². The number of rotatable bonds is 6. The highest BCUT2D eigenvalue weighted by Gasteiger charge is 2.22. The van der Waals surface area contributed by atoms with Crippen molar-refractivity contribution in [2.24, 2.45) is 0 Å². The lowest BCUT2D eigenvalue weighted by molar-refractivity contribution is -0.384. The highest BCUT2D eigenvalue weighted by atomic mass is 35.5. The predicted molar refractivity (Wildman–Crippen MR) is 110 cm³/mol. The van der Waals surface area contributed by atoms with E-state index in [0.29, 0.717) is 5.02 Å². The monoisotopic (exact) mass is 430 g/mol. The molecule has 9 heteroatoms. The van der Waals surface area contributed by atoms with Gasteiger partial charge in [-0.25, -0.2) is 4.79 Å². The molecule has 148 valence electrons. The van der Waals surface area contributed by atoms with Crippen LogP contribution in [0.15, 0.2) is 60.0 Å². The number of hydrogen-bond donors (Lipinski definition) is 1. The Morgan fingerprint density at radius 3 is 2.41 bits per heavy atom. The van der Waals surface area contributed by atoms with Gasteiger partial charge in [-0.2, -0.15) is 0 Å². The molecule has 3 aromatic rings. The maximum Gasteiger partial charge on any atom is 0.338 e. The van der Waals surface area contributed by atoms with E-state index < -0.39 is 22.8 Å². The third kappa shape index (κ3) is 4.79. The quantitative estimate of drug-likeness (QED) is 0.349. The van der Waals surface area contributed by atoms with Crippen LogP contribution in [0.25, 0.3) is 0 Å². The van der Waals surface area contributed by atoms with Gasteiger partial charge in [0.15, 0.2) is 0 Å². The van der Waals surface area contributed by atoms with E-state index >= 15 is 0 Å². The first-order chi connectivity index (χ1) is 13.9. The minimum absolute atomic E-state index is 0.0184. The standard InChI is InChI=1S/C20H15ClN2O5S/c1-28-20(25)14-9-13(10-16(11-14)23(26)27)19(24)22-18(17-3-2-8-29-17)12-4-6-15(21)7-5-12/h2-11,18H,1H3,(H,22,24). The number of hydrogen-bond acceptors (Lipinski definition) is 6. The van der Waals surface area contributed by atoms with Crippen molar-refractivity contribution in [2.75, 3.05) is 7.11 Å². The normalized spacial score (nSPS) is 11.5. The molecule has 0 bridgehead atoms. The maximum absolute atomic E-state index is 12.9. The van der Waals surface area contributed by atoms with Crippen LogP contribution in [0.3, 0.4) is 0 Å². The fourth-order valence-corrected chi connectivity index (χ4v) is 3.66. The van der Waals surface area contributed by atoms with Crippen LogP contribution in [0.5, 0.6) is 0 Å². The molecule has 29 heavy (non-hydrogen) atoms. The molecular formula is C20H15ClN2O5S. The molecule has 0 radical (unpaired) electrons. The van der Waals surface area contributed by atoms with Gasteiger partial charge in [0.25, 0.3) is 11.6 Å². The molecule has 1 heterocycles. The molecule has 7 nitrogen and oxygen atoms in total. The SMILES string of the molecule is COC(=O)c1cc(C(=O)NC(c2ccc(Cl)cc2)c2cccs2)cc([N+](=O)[O-])c1. The Morgan fingerprint density at radius 1 is 1.14 bits per heavy atom. The average molecular weight is 431 g/mol. The van der Waals surface area contributed by atoms with E-state index in [4.69, 9.17) is 11.6 Å². The van der Waals surface area contributed by atoms with E-state index in [9.17, 15) is 19.7 Å². The van der Waals surface area contributed by atoms with Crippen LogP contribution in [0.4, 0.5) is 5.69 Å². The molecule has 0 saturated carbocycles. The van der Waals surface area contributed by atoms with Gasteiger partial charge >= 0.3 is 5.97 Å². The summed E-state index contributed by atoms with van der Waals surface area (Å²) in [6, 6.07) is 13.7. The Bertz CT molecular complexity index is 1050. The summed E-state index contributed by atoms with van der Waals surface area (Å²) in [6.45, 7) is 0. The van der Waals surface area contributed by atoms with Gasteiger partial charge in [-0.1, -0.05) is 29.8 Å². The number of amides is 1. The number of nitro groups is 1. The summed E-state index contributed by atoms with van der Waals surface area (Å²) in [4.78, 5) is 36.2. The minimum atomic E-state index is -0.768. The van der Waals surface area contributed by atoms with Crippen LogP contribution in [-0.4, -0.2) is 23.9 Å². The van der Waals surface area contributed by atoms with E-state index in [0.717, 1.165) is 29.7 Å². The summed E-state index contributed by atoms with van der Waals surface area (Å²) in [5, 5.41) is 16.5. The van der Waals surface area contributed by atoms with Crippen molar-refractivity contribution in [3.63, 3.8) is 0 Å². The van der Waals surface area contributed by atoms with Crippen molar-refractivity contribution >= 4 is 40.5 Å². The van der Waals surface area contributed by atoms with Gasteiger partial charge in [-0.15, -0.1) is 11.3 Å². The topological polar surface area (TPSA) is 98.5 Å². The van der Waals surface area contributed by atoms with Crippen molar-refractivity contribution in [1.82, 2.24) is 5.32 Å². The summed E-state index contributed by atoms with van der Waals surface area (Å²) in [7, 11) is 1.16. The molecule has 0 fully saturated rings. The summed E-state index contributed by atoms with van der Waals surface area (Å²) in [5.41, 5.74) is 0.321. The highest BCUT2D eigenvalue weighted by Crippen LogP contribution is 2.28. The van der Waals surface area contributed by atoms with Gasteiger partial charge in [-0.05, 0) is 35.2 Å². The van der Waals surface area contributed by atoms with E-state index in [1.165, 1.54) is 17.4 Å². The van der Waals surface area contributed by atoms with E-state index in [-0.39, 0.29) is 16.8 Å². The van der Waals surface area contributed by atoms with E-state index in [1.807, 2.05) is 17.5 Å². The van der Waals surface area contributed by atoms with Crippen molar-refractivity contribution in [3.05, 3.63) is 96.7 Å². The molecule has 0 saturated heterocycles. The number of nitrogens with zero attached hydrogens (tertiary/aromatic N) is 1. The predicted octanol–water partition coefficient (Wildman–Crippen LogP) is 4.62. The van der Waals surface area contributed by atoms with Gasteiger partial charge in [0, 0.05) is 27.6 Å². The van der Waals surface area contributed by atoms with Crippen molar-refractivity contribution in [2.45, 2.75) is 6.04 Å². The number of non-ortho nitro benzene ring substituents is 1. The zero-order chi connectivity index (χ0) is 21.0. The lowest BCUT2D eigenvalue weighted by Crippen LogP contribution is -2.29. The van der Waals surface area contributed by atoms with Crippen LogP contribution in [-0.2, 0) is 4.74 Å². The molecule has 1 unspecified atom stereocenters. The first-order valence-electron chi connectivity index (χ1n) is 8.36. The number of methoxy groups -OCH3 is 1. The Labute approximate surface area is 175 Å². The third-order valence-electron chi connectivity index (χ3n) is 4.12. The first-order valence-corrected chi connectivity index (χ1v) is 9.62. The zero-order valence-electron chi connectivity index (χ0n) is 15.1. The lowest BCUT2D eigenvalue weighted by Gasteiger charge is -2.18. The number of nitrogens with one attached hydrogen (secondary N) is 1. The van der Waals surface area contributed by atoms with Gasteiger partial charge < -0.3 is 10.1 Å². The molecule has 3 rings (SSSR count). The van der Waals surface area contributed by atoms with Gasteiger partial charge in [0.1, 0.15) is 0 Å². The summed E-state index contributed by atoms with van der Waals surface area (Å²) < 4.78 is 4.62. The number of thiophene rings is 1. The number of halogens is 1. The molecular weight excluding hydrogens is 416 g/mol. The van der Waals surface area contributed by atoms with E-state index in [2.05, 4.69) is 10.1 Å². The van der Waals surface area contributed by atoms with Crippen LogP contribution in [0.1, 0.15) is 37.2 Å². The smallest absolute Gasteiger partial charge is 0.338 e. The second kappa shape index (κ2) is 8.85. The fourth-order valence-electron chi connectivity index (χ4n) is 2.73. The molecule has 0 aliphatic heterocycles. The van der Waals surface area contributed by atoms with Crippen molar-refractivity contribution in [1.29, 1.82) is 0 Å². The van der Waals surface area contributed by atoms with Crippen LogP contribution < -0.4 is 5.32 Å². The Hall–Kier alpha value is -3.23. The number of carbonyl (C=O) groups is 2. The van der Waals surface area contributed by atoms with Crippen molar-refractivity contribution < 1.29 is 19.2 Å². The van der Waals surface area contributed by atoms with Crippen LogP contribution in [0.2, 0.25) is 5.02 Å². The third-order valence-corrected chi connectivity index (χ3v) is 5.31. The number of nitro benzene ring substituents is 1. The molecule has 1 atom stereocenters. The van der Waals surface area contributed by atoms with Crippen molar-refractivity contribution in [3.8, 4) is 0 Å². The second-order valence-corrected chi connectivity index (χ2v) is 7.41. The molecule has 2 aromatic carbocycles. The lowest BCUT2D eigenvalue weighted by atomic mass is 10.0. The van der Waals surface area contributed by atoms with Gasteiger partial charge in [0.2, 0.25) is 0 Å². The molecule has 0 aliphatic carbocycles.